The zero-order valence-electron chi connectivity index (χ0n) is 20.4. The zero-order chi connectivity index (χ0) is 25.9. The number of nitro groups is 1. The van der Waals surface area contributed by atoms with Crippen LogP contribution < -0.4 is 4.87 Å². The maximum atomic E-state index is 13.3. The number of piperidine rings is 1. The molecule has 0 aliphatic carbocycles. The molecule has 0 N–H and O–H groups in total. The molecule has 0 spiro atoms. The van der Waals surface area contributed by atoms with Crippen molar-refractivity contribution in [2.45, 2.75) is 38.8 Å². The fourth-order valence-electron chi connectivity index (χ4n) is 4.89. The highest BCUT2D eigenvalue weighted by Crippen LogP contribution is 2.29. The number of nitrogens with zero attached hydrogens (tertiary/aromatic N) is 5. The van der Waals surface area contributed by atoms with Crippen LogP contribution in [-0.2, 0) is 11.5 Å². The Bertz CT molecular complexity index is 1540. The Morgan fingerprint density at radius 2 is 1.97 bits per heavy atom. The zero-order valence-corrected chi connectivity index (χ0v) is 21.3. The van der Waals surface area contributed by atoms with E-state index in [2.05, 4.69) is 4.98 Å². The number of nitro benzene ring substituents is 1. The summed E-state index contributed by atoms with van der Waals surface area (Å²) in [6.45, 7) is 3.53. The highest BCUT2D eigenvalue weighted by Gasteiger charge is 2.28. The third-order valence-electron chi connectivity index (χ3n) is 6.84. The summed E-state index contributed by atoms with van der Waals surface area (Å²) in [5.41, 5.74) is 2.20. The first kappa shape index (κ1) is 24.6. The van der Waals surface area contributed by atoms with Crippen molar-refractivity contribution in [3.63, 3.8) is 0 Å². The minimum absolute atomic E-state index is 0.00361. The smallest absolute Gasteiger partial charge is 0.309 e. The van der Waals surface area contributed by atoms with Crippen molar-refractivity contribution in [3.8, 4) is 0 Å². The van der Waals surface area contributed by atoms with Crippen molar-refractivity contribution in [3.05, 3.63) is 97.7 Å². The number of rotatable bonds is 7. The molecule has 1 amide bonds. The van der Waals surface area contributed by atoms with Crippen LogP contribution in [0.1, 0.15) is 43.5 Å². The van der Waals surface area contributed by atoms with E-state index in [4.69, 9.17) is 0 Å². The molecule has 10 heteroatoms. The third kappa shape index (κ3) is 5.10. The van der Waals surface area contributed by atoms with Crippen molar-refractivity contribution in [2.75, 3.05) is 13.1 Å². The lowest BCUT2D eigenvalue weighted by atomic mass is 9.95. The maximum Gasteiger partial charge on any atom is 0.309 e. The van der Waals surface area contributed by atoms with Gasteiger partial charge in [-0.25, -0.2) is 4.98 Å². The van der Waals surface area contributed by atoms with Crippen LogP contribution in [0.3, 0.4) is 0 Å². The molecule has 0 atom stereocenters. The number of thiazole rings is 1. The van der Waals surface area contributed by atoms with Crippen molar-refractivity contribution >= 4 is 39.2 Å². The molecular formula is C27H27N5O4S. The Balaban J connectivity index is 1.28. The summed E-state index contributed by atoms with van der Waals surface area (Å²) in [5, 5.41) is 11.1. The molecule has 9 nitrogen and oxygen atoms in total. The number of carbonyl (C=O) groups excluding carboxylic acids is 1. The number of aromatic nitrogens is 3. The van der Waals surface area contributed by atoms with Crippen LogP contribution in [0.15, 0.2) is 71.3 Å². The number of fused-ring (bicyclic) bond motifs is 1. The number of hydrogen-bond donors (Lipinski definition) is 0. The van der Waals surface area contributed by atoms with Gasteiger partial charge in [-0.3, -0.25) is 24.3 Å². The average Bonchev–Trinajstić information content (AvgIpc) is 3.51. The van der Waals surface area contributed by atoms with Crippen LogP contribution in [0.25, 0.3) is 16.3 Å². The summed E-state index contributed by atoms with van der Waals surface area (Å²) in [4.78, 5) is 43.0. The highest BCUT2D eigenvalue weighted by molar-refractivity contribution is 7.16. The summed E-state index contributed by atoms with van der Waals surface area (Å²) in [6, 6.07) is 14.1. The van der Waals surface area contributed by atoms with Gasteiger partial charge in [-0.1, -0.05) is 42.5 Å². The van der Waals surface area contributed by atoms with Gasteiger partial charge in [-0.05, 0) is 43.0 Å². The molecule has 0 bridgehead atoms. The monoisotopic (exact) mass is 517 g/mol. The van der Waals surface area contributed by atoms with Gasteiger partial charge in [0.15, 0.2) is 0 Å². The van der Waals surface area contributed by atoms with E-state index in [-0.39, 0.29) is 22.4 Å². The van der Waals surface area contributed by atoms with E-state index in [0.29, 0.717) is 37.3 Å². The Hall–Kier alpha value is -4.05. The second-order valence-electron chi connectivity index (χ2n) is 9.10. The third-order valence-corrected chi connectivity index (χ3v) is 7.80. The van der Waals surface area contributed by atoms with Crippen LogP contribution in [0.2, 0.25) is 0 Å². The minimum Gasteiger partial charge on any atom is -0.339 e. The summed E-state index contributed by atoms with van der Waals surface area (Å²) in [6.07, 6.45) is 7.50. The van der Waals surface area contributed by atoms with Gasteiger partial charge in [0.2, 0.25) is 5.91 Å². The molecule has 190 valence electrons. The van der Waals surface area contributed by atoms with Crippen LogP contribution >= 0.6 is 11.3 Å². The number of hydrogen-bond acceptors (Lipinski definition) is 6. The Kier molecular flexibility index (Phi) is 7.00. The molecule has 2 aromatic carbocycles. The molecule has 1 aliphatic heterocycles. The molecule has 0 saturated carbocycles. The van der Waals surface area contributed by atoms with Gasteiger partial charge < -0.3 is 9.47 Å². The van der Waals surface area contributed by atoms with Crippen LogP contribution in [0.4, 0.5) is 5.69 Å². The normalized spacial score (nSPS) is 14.8. The fraction of sp³-hybridized carbons (Fsp3) is 0.296. The van der Waals surface area contributed by atoms with Crippen LogP contribution in [0, 0.1) is 10.1 Å². The largest absolute Gasteiger partial charge is 0.339 e. The maximum absolute atomic E-state index is 13.3. The van der Waals surface area contributed by atoms with E-state index in [9.17, 15) is 19.7 Å². The lowest BCUT2D eigenvalue weighted by Crippen LogP contribution is -2.39. The van der Waals surface area contributed by atoms with Gasteiger partial charge in [-0.2, -0.15) is 0 Å². The summed E-state index contributed by atoms with van der Waals surface area (Å²) in [5.74, 6) is 1.08. The van der Waals surface area contributed by atoms with E-state index in [1.807, 2.05) is 46.9 Å². The van der Waals surface area contributed by atoms with Crippen molar-refractivity contribution in [1.82, 2.24) is 19.0 Å². The first-order valence-electron chi connectivity index (χ1n) is 12.3. The van der Waals surface area contributed by atoms with Crippen LogP contribution in [-0.4, -0.2) is 42.9 Å². The van der Waals surface area contributed by atoms with E-state index in [0.717, 1.165) is 28.9 Å². The molecule has 2 aromatic heterocycles. The van der Waals surface area contributed by atoms with E-state index >= 15 is 0 Å². The molecular weight excluding hydrogens is 490 g/mol. The molecule has 5 rings (SSSR count). The molecule has 4 aromatic rings. The predicted octanol–water partition coefficient (Wildman–Crippen LogP) is 4.87. The number of carbonyl (C=O) groups is 1. The molecule has 1 fully saturated rings. The molecule has 1 saturated heterocycles. The number of amides is 1. The van der Waals surface area contributed by atoms with E-state index in [1.165, 1.54) is 23.5 Å². The molecule has 0 radical (unpaired) electrons. The topological polar surface area (TPSA) is 103 Å². The molecule has 1 aliphatic rings. The number of likely N-dealkylation sites (tertiary alicyclic amines) is 1. The van der Waals surface area contributed by atoms with Gasteiger partial charge in [-0.15, -0.1) is 0 Å². The first-order chi connectivity index (χ1) is 17.9. The number of non-ortho nitro benzene ring substituents is 1. The summed E-state index contributed by atoms with van der Waals surface area (Å²) >= 11 is 1.24. The summed E-state index contributed by atoms with van der Waals surface area (Å²) < 4.78 is 4.77. The minimum atomic E-state index is -0.434. The number of imidazole rings is 1. The predicted molar refractivity (Wildman–Crippen MR) is 144 cm³/mol. The lowest BCUT2D eigenvalue weighted by molar-refractivity contribution is -0.384. The molecule has 0 unspecified atom stereocenters. The second kappa shape index (κ2) is 10.5. The molecule has 3 heterocycles. The SMILES string of the molecule is CCC(=Cc1cccc([N+](=O)[O-])c1)C(=O)N1CCC(c2nccn2Cn2c(=O)sc3ccccc32)CC1. The Labute approximate surface area is 217 Å². The van der Waals surface area contributed by atoms with Crippen molar-refractivity contribution in [1.29, 1.82) is 0 Å². The van der Waals surface area contributed by atoms with Gasteiger partial charge in [0.05, 0.1) is 15.1 Å². The Morgan fingerprint density at radius 1 is 1.19 bits per heavy atom. The average molecular weight is 518 g/mol. The van der Waals surface area contributed by atoms with Crippen LogP contribution in [0.5, 0.6) is 0 Å². The summed E-state index contributed by atoms with van der Waals surface area (Å²) in [7, 11) is 0. The van der Waals surface area contributed by atoms with Gasteiger partial charge >= 0.3 is 4.87 Å². The quantitative estimate of drug-likeness (QED) is 0.198. The molecule has 37 heavy (non-hydrogen) atoms. The first-order valence-corrected chi connectivity index (χ1v) is 13.1. The van der Waals surface area contributed by atoms with E-state index < -0.39 is 4.92 Å². The Morgan fingerprint density at radius 3 is 2.73 bits per heavy atom. The van der Waals surface area contributed by atoms with Gasteiger partial charge in [0.25, 0.3) is 5.69 Å². The fourth-order valence-corrected chi connectivity index (χ4v) is 5.77. The highest BCUT2D eigenvalue weighted by atomic mass is 32.1. The number of para-hydroxylation sites is 1. The lowest BCUT2D eigenvalue weighted by Gasteiger charge is -2.32. The second-order valence-corrected chi connectivity index (χ2v) is 10.1. The van der Waals surface area contributed by atoms with E-state index in [1.54, 1.807) is 29.0 Å². The van der Waals surface area contributed by atoms with Crippen molar-refractivity contribution in [2.24, 2.45) is 0 Å². The number of benzene rings is 2. The van der Waals surface area contributed by atoms with Crippen molar-refractivity contribution < 1.29 is 9.72 Å². The van der Waals surface area contributed by atoms with Gasteiger partial charge in [0.1, 0.15) is 12.5 Å². The van der Waals surface area contributed by atoms with Gasteiger partial charge in [0, 0.05) is 49.1 Å². The standard InChI is InChI=1S/C27H27N5O4S/c1-2-20(16-19-6-5-7-22(17-19)32(35)36)26(33)29-13-10-21(11-14-29)25-28-12-15-30(25)18-31-23-8-3-4-9-24(23)37-27(31)34/h3-9,12,15-17,21H,2,10-11,13-14,18H2,1H3.